The van der Waals surface area contributed by atoms with Gasteiger partial charge in [0.05, 0.1) is 41.3 Å². The second-order valence-corrected chi connectivity index (χ2v) is 5.63. The number of esters is 1. The maximum atomic E-state index is 13.7. The largest absolute Gasteiger partial charge is 0.593 e. The lowest BCUT2D eigenvalue weighted by Gasteiger charge is -2.19. The molecule has 0 amide bonds. The van der Waals surface area contributed by atoms with Gasteiger partial charge in [0.2, 0.25) is 0 Å². The molecule has 7 heteroatoms. The molecular formula is C11H11ClFNO3S. The molecule has 1 atom stereocenters. The molecule has 0 saturated carbocycles. The molecule has 0 aromatic heterocycles. The number of rotatable bonds is 2. The third kappa shape index (κ3) is 2.41. The quantitative estimate of drug-likeness (QED) is 0.619. The minimum absolute atomic E-state index is 0.0573. The van der Waals surface area contributed by atoms with Crippen molar-refractivity contribution in [2.45, 2.75) is 6.42 Å². The fourth-order valence-corrected chi connectivity index (χ4v) is 3.22. The molecule has 1 unspecified atom stereocenters. The Balaban J connectivity index is 2.43. The number of carbonyl (C=O) groups excluding carboxylic acids is 1. The fourth-order valence-electron chi connectivity index (χ4n) is 1.77. The van der Waals surface area contributed by atoms with Crippen molar-refractivity contribution in [1.82, 2.24) is 0 Å². The van der Waals surface area contributed by atoms with Crippen LogP contribution in [0.25, 0.3) is 0 Å². The van der Waals surface area contributed by atoms with Crippen LogP contribution >= 0.6 is 11.6 Å². The van der Waals surface area contributed by atoms with E-state index < -0.39 is 23.1 Å². The number of anilines is 1. The summed E-state index contributed by atoms with van der Waals surface area (Å²) in [6.07, 6.45) is 0.768. The summed E-state index contributed by atoms with van der Waals surface area (Å²) in [6.45, 7) is 0.564. The van der Waals surface area contributed by atoms with Crippen LogP contribution in [0.1, 0.15) is 16.8 Å². The van der Waals surface area contributed by atoms with Gasteiger partial charge in [-0.3, -0.25) is 0 Å². The molecule has 1 aromatic carbocycles. The van der Waals surface area contributed by atoms with Crippen molar-refractivity contribution < 1.29 is 18.5 Å². The van der Waals surface area contributed by atoms with Crippen LogP contribution in [0.5, 0.6) is 0 Å². The van der Waals surface area contributed by atoms with E-state index in [1.807, 2.05) is 0 Å². The predicted molar refractivity (Wildman–Crippen MR) is 67.7 cm³/mol. The Morgan fingerprint density at radius 2 is 2.33 bits per heavy atom. The van der Waals surface area contributed by atoms with Crippen molar-refractivity contribution in [3.63, 3.8) is 0 Å². The van der Waals surface area contributed by atoms with Crippen LogP contribution in [-0.2, 0) is 16.1 Å². The van der Waals surface area contributed by atoms with E-state index in [0.717, 1.165) is 6.42 Å². The third-order valence-corrected chi connectivity index (χ3v) is 4.54. The first kappa shape index (κ1) is 13.5. The van der Waals surface area contributed by atoms with Gasteiger partial charge in [-0.25, -0.2) is 9.18 Å². The summed E-state index contributed by atoms with van der Waals surface area (Å²) in [6, 6.07) is 2.58. The van der Waals surface area contributed by atoms with E-state index in [1.54, 1.807) is 4.31 Å². The van der Waals surface area contributed by atoms with E-state index in [-0.39, 0.29) is 10.6 Å². The zero-order chi connectivity index (χ0) is 13.3. The highest BCUT2D eigenvalue weighted by Gasteiger charge is 2.29. The average Bonchev–Trinajstić information content (AvgIpc) is 2.78. The van der Waals surface area contributed by atoms with Crippen molar-refractivity contribution in [1.29, 1.82) is 0 Å². The van der Waals surface area contributed by atoms with Crippen LogP contribution in [0.2, 0.25) is 5.02 Å². The summed E-state index contributed by atoms with van der Waals surface area (Å²) < 4.78 is 31.4. The first-order chi connectivity index (χ1) is 8.54. The van der Waals surface area contributed by atoms with E-state index in [2.05, 4.69) is 4.74 Å². The minimum Gasteiger partial charge on any atom is -0.593 e. The number of halogens is 2. The molecule has 0 spiro atoms. The molecular weight excluding hydrogens is 281 g/mol. The van der Waals surface area contributed by atoms with Crippen molar-refractivity contribution in [3.05, 3.63) is 28.5 Å². The summed E-state index contributed by atoms with van der Waals surface area (Å²) in [7, 11) is 1.19. The average molecular weight is 292 g/mol. The highest BCUT2D eigenvalue weighted by Crippen LogP contribution is 2.30. The second-order valence-electron chi connectivity index (χ2n) is 3.76. The molecule has 0 bridgehead atoms. The van der Waals surface area contributed by atoms with Crippen LogP contribution < -0.4 is 4.31 Å². The van der Waals surface area contributed by atoms with E-state index in [9.17, 15) is 13.7 Å². The normalized spacial score (nSPS) is 19.1. The standard InChI is InChI=1S/C11H11ClFNO3S/c1-17-11(15)8-5-7(6-9(13)10(8)12)14-3-2-4-18(14)16/h5-6H,2-4H2,1H3. The Labute approximate surface area is 112 Å². The molecule has 98 valence electrons. The second kappa shape index (κ2) is 5.34. The molecule has 1 fully saturated rings. The zero-order valence-corrected chi connectivity index (χ0v) is 11.2. The molecule has 0 aliphatic carbocycles. The third-order valence-electron chi connectivity index (χ3n) is 2.63. The summed E-state index contributed by atoms with van der Waals surface area (Å²) in [5.74, 6) is -0.901. The van der Waals surface area contributed by atoms with Crippen molar-refractivity contribution in [3.8, 4) is 0 Å². The summed E-state index contributed by atoms with van der Waals surface area (Å²) >= 11 is 4.53. The van der Waals surface area contributed by atoms with E-state index >= 15 is 0 Å². The van der Waals surface area contributed by atoms with E-state index in [4.69, 9.17) is 11.6 Å². The number of nitrogens with zero attached hydrogens (tertiary/aromatic N) is 1. The first-order valence-corrected chi connectivity index (χ1v) is 6.93. The number of ether oxygens (including phenoxy) is 1. The summed E-state index contributed by atoms with van der Waals surface area (Å²) in [4.78, 5) is 11.5. The molecule has 4 nitrogen and oxygen atoms in total. The SMILES string of the molecule is COC(=O)c1cc(N2CCC[S+]2[O-])cc(F)c1Cl. The van der Waals surface area contributed by atoms with Crippen LogP contribution in [-0.4, -0.2) is 29.9 Å². The molecule has 1 heterocycles. The van der Waals surface area contributed by atoms with Crippen LogP contribution in [0.4, 0.5) is 10.1 Å². The highest BCUT2D eigenvalue weighted by molar-refractivity contribution is 7.93. The Morgan fingerprint density at radius 1 is 1.61 bits per heavy atom. The molecule has 2 rings (SSSR count). The lowest BCUT2D eigenvalue weighted by molar-refractivity contribution is 0.0600. The van der Waals surface area contributed by atoms with Gasteiger partial charge in [-0.05, 0) is 6.07 Å². The van der Waals surface area contributed by atoms with Crippen molar-refractivity contribution >= 4 is 34.6 Å². The topological polar surface area (TPSA) is 52.6 Å². The summed E-state index contributed by atoms with van der Waals surface area (Å²) in [5.41, 5.74) is 0.325. The molecule has 1 aliphatic rings. The smallest absolute Gasteiger partial charge is 0.339 e. The van der Waals surface area contributed by atoms with Crippen molar-refractivity contribution in [2.75, 3.05) is 23.7 Å². The fraction of sp³-hybridized carbons (Fsp3) is 0.364. The van der Waals surface area contributed by atoms with Gasteiger partial charge >= 0.3 is 5.97 Å². The maximum Gasteiger partial charge on any atom is 0.339 e. The number of carbonyl (C=O) groups is 1. The van der Waals surface area contributed by atoms with Crippen molar-refractivity contribution in [2.24, 2.45) is 0 Å². The number of hydrogen-bond acceptors (Lipinski definition) is 4. The minimum atomic E-state index is -1.18. The Hall–Kier alpha value is -0.980. The monoisotopic (exact) mass is 291 g/mol. The lowest BCUT2D eigenvalue weighted by atomic mass is 10.2. The van der Waals surface area contributed by atoms with Gasteiger partial charge < -0.3 is 9.29 Å². The summed E-state index contributed by atoms with van der Waals surface area (Å²) in [5, 5.41) is -0.282. The maximum absolute atomic E-state index is 13.7. The first-order valence-electron chi connectivity index (χ1n) is 5.28. The zero-order valence-electron chi connectivity index (χ0n) is 9.61. The van der Waals surface area contributed by atoms with Crippen LogP contribution in [0.3, 0.4) is 0 Å². The van der Waals surface area contributed by atoms with Gasteiger partial charge in [0, 0.05) is 12.5 Å². The lowest BCUT2D eigenvalue weighted by Crippen LogP contribution is -2.25. The van der Waals surface area contributed by atoms with Gasteiger partial charge in [0.25, 0.3) is 0 Å². The van der Waals surface area contributed by atoms with Gasteiger partial charge in [0.15, 0.2) is 0 Å². The molecule has 1 aromatic rings. The van der Waals surface area contributed by atoms with E-state index in [1.165, 1.54) is 19.2 Å². The number of hydrogen-bond donors (Lipinski definition) is 0. The molecule has 0 radical (unpaired) electrons. The number of methoxy groups -OCH3 is 1. The molecule has 1 saturated heterocycles. The molecule has 1 aliphatic heterocycles. The molecule has 18 heavy (non-hydrogen) atoms. The van der Waals surface area contributed by atoms with Crippen LogP contribution in [0, 0.1) is 5.82 Å². The Bertz CT molecular complexity index is 486. The van der Waals surface area contributed by atoms with Gasteiger partial charge in [-0.1, -0.05) is 11.6 Å². The predicted octanol–water partition coefficient (Wildman–Crippen LogP) is 2.14. The van der Waals surface area contributed by atoms with Gasteiger partial charge in [-0.15, -0.1) is 0 Å². The van der Waals surface area contributed by atoms with Gasteiger partial charge in [-0.2, -0.15) is 4.31 Å². The number of benzene rings is 1. The highest BCUT2D eigenvalue weighted by atomic mass is 35.5. The Kier molecular flexibility index (Phi) is 3.99. The Morgan fingerprint density at radius 3 is 2.89 bits per heavy atom. The molecule has 0 N–H and O–H groups in total. The van der Waals surface area contributed by atoms with E-state index in [0.29, 0.717) is 18.0 Å². The van der Waals surface area contributed by atoms with Crippen LogP contribution in [0.15, 0.2) is 12.1 Å². The van der Waals surface area contributed by atoms with Gasteiger partial charge in [0.1, 0.15) is 11.6 Å².